The number of amides is 1. The minimum atomic E-state index is -2.50. The van der Waals surface area contributed by atoms with Gasteiger partial charge in [-0.3, -0.25) is 9.59 Å². The summed E-state index contributed by atoms with van der Waals surface area (Å²) in [7, 11) is 0. The van der Waals surface area contributed by atoms with Gasteiger partial charge in [0.25, 0.3) is 6.43 Å². The molecule has 34 heavy (non-hydrogen) atoms. The fourth-order valence-electron chi connectivity index (χ4n) is 4.54. The second-order valence-corrected chi connectivity index (χ2v) is 9.54. The van der Waals surface area contributed by atoms with E-state index < -0.39 is 17.8 Å². The number of carboxylic acids is 1. The predicted octanol–water partition coefficient (Wildman–Crippen LogP) is 5.19. The van der Waals surface area contributed by atoms with E-state index >= 15 is 0 Å². The van der Waals surface area contributed by atoms with E-state index in [4.69, 9.17) is 0 Å². The quantitative estimate of drug-likeness (QED) is 0.493. The topological polar surface area (TPSA) is 75.4 Å². The molecule has 1 amide bonds. The molecule has 0 atom stereocenters. The Labute approximate surface area is 197 Å². The van der Waals surface area contributed by atoms with E-state index in [0.29, 0.717) is 45.3 Å². The third kappa shape index (κ3) is 4.81. The van der Waals surface area contributed by atoms with Crippen LogP contribution in [0.5, 0.6) is 0 Å². The minimum absolute atomic E-state index is 0.0101. The molecule has 3 heterocycles. The van der Waals surface area contributed by atoms with E-state index in [1.807, 2.05) is 17.0 Å². The average molecular weight is 470 g/mol. The Morgan fingerprint density at radius 3 is 2.59 bits per heavy atom. The van der Waals surface area contributed by atoms with Crippen LogP contribution < -0.4 is 0 Å². The first-order chi connectivity index (χ1) is 16.2. The molecule has 0 aliphatic carbocycles. The Bertz CT molecular complexity index is 1200. The summed E-state index contributed by atoms with van der Waals surface area (Å²) in [6.07, 6.45) is 1.20. The smallest absolute Gasteiger partial charge is 0.309 e. The van der Waals surface area contributed by atoms with Gasteiger partial charge in [0.1, 0.15) is 5.65 Å². The van der Waals surface area contributed by atoms with Crippen molar-refractivity contribution in [2.24, 2.45) is 5.41 Å². The molecule has 0 fully saturated rings. The highest BCUT2D eigenvalue weighted by atomic mass is 19.3. The molecule has 1 aliphatic heterocycles. The first kappa shape index (κ1) is 23.9. The second-order valence-electron chi connectivity index (χ2n) is 9.54. The van der Waals surface area contributed by atoms with Gasteiger partial charge >= 0.3 is 5.97 Å². The molecule has 180 valence electrons. The van der Waals surface area contributed by atoms with Gasteiger partial charge in [0.15, 0.2) is 0 Å². The zero-order chi connectivity index (χ0) is 24.5. The molecule has 0 bridgehead atoms. The van der Waals surface area contributed by atoms with Crippen molar-refractivity contribution in [1.82, 2.24) is 14.5 Å². The van der Waals surface area contributed by atoms with Crippen LogP contribution in [0.25, 0.3) is 11.0 Å². The lowest BCUT2D eigenvalue weighted by atomic mass is 9.87. The molecule has 6 nitrogen and oxygen atoms in total. The van der Waals surface area contributed by atoms with Crippen LogP contribution in [-0.4, -0.2) is 38.0 Å². The number of aromatic nitrogens is 2. The molecule has 2 aromatic heterocycles. The first-order valence-corrected chi connectivity index (χ1v) is 11.5. The van der Waals surface area contributed by atoms with E-state index in [2.05, 4.69) is 9.55 Å². The minimum Gasteiger partial charge on any atom is -0.481 e. The van der Waals surface area contributed by atoms with Crippen molar-refractivity contribution >= 4 is 22.9 Å². The van der Waals surface area contributed by atoms with E-state index in [1.54, 1.807) is 32.2 Å². The lowest BCUT2D eigenvalue weighted by Gasteiger charge is -2.29. The van der Waals surface area contributed by atoms with Gasteiger partial charge in [0, 0.05) is 42.4 Å². The summed E-state index contributed by atoms with van der Waals surface area (Å²) >= 11 is 0. The Kier molecular flexibility index (Phi) is 6.68. The lowest BCUT2D eigenvalue weighted by molar-refractivity contribution is -0.147. The molecular formula is C26H29F2N3O3. The number of rotatable bonds is 8. The number of hydrogen-bond donors (Lipinski definition) is 1. The van der Waals surface area contributed by atoms with Gasteiger partial charge in [-0.1, -0.05) is 24.3 Å². The van der Waals surface area contributed by atoms with Gasteiger partial charge in [0.05, 0.1) is 12.0 Å². The first-order valence-electron chi connectivity index (χ1n) is 11.5. The van der Waals surface area contributed by atoms with Gasteiger partial charge in [-0.15, -0.1) is 0 Å². The highest BCUT2D eigenvalue weighted by Crippen LogP contribution is 2.31. The van der Waals surface area contributed by atoms with Crippen LogP contribution in [0.3, 0.4) is 0 Å². The number of carbonyl (C=O) groups excluding carboxylic acids is 1. The van der Waals surface area contributed by atoms with Gasteiger partial charge in [0.2, 0.25) is 5.91 Å². The maximum absolute atomic E-state index is 12.9. The van der Waals surface area contributed by atoms with E-state index in [1.165, 1.54) is 17.7 Å². The molecule has 3 aromatic rings. The zero-order valence-corrected chi connectivity index (χ0v) is 19.4. The second kappa shape index (κ2) is 9.52. The molecule has 1 aliphatic rings. The Morgan fingerprint density at radius 1 is 1.18 bits per heavy atom. The van der Waals surface area contributed by atoms with E-state index in [0.717, 1.165) is 22.3 Å². The summed E-state index contributed by atoms with van der Waals surface area (Å²) < 4.78 is 28.0. The Hall–Kier alpha value is -3.29. The molecule has 0 spiro atoms. The number of nitrogens with zero attached hydrogens (tertiary/aromatic N) is 3. The molecule has 8 heteroatoms. The number of aliphatic carboxylic acids is 1. The van der Waals surface area contributed by atoms with E-state index in [-0.39, 0.29) is 11.5 Å². The molecule has 1 aromatic carbocycles. The van der Waals surface area contributed by atoms with Crippen molar-refractivity contribution in [3.63, 3.8) is 0 Å². The molecule has 0 saturated heterocycles. The molecule has 4 rings (SSSR count). The summed E-state index contributed by atoms with van der Waals surface area (Å²) in [4.78, 5) is 30.7. The van der Waals surface area contributed by atoms with E-state index in [9.17, 15) is 23.5 Å². The van der Waals surface area contributed by atoms with Crippen molar-refractivity contribution in [1.29, 1.82) is 0 Å². The molecule has 0 unspecified atom stereocenters. The van der Waals surface area contributed by atoms with Gasteiger partial charge < -0.3 is 14.6 Å². The highest BCUT2D eigenvalue weighted by Gasteiger charge is 2.29. The van der Waals surface area contributed by atoms with Crippen molar-refractivity contribution in [2.75, 3.05) is 6.54 Å². The maximum Gasteiger partial charge on any atom is 0.309 e. The van der Waals surface area contributed by atoms with Crippen molar-refractivity contribution in [3.8, 4) is 0 Å². The third-order valence-electron chi connectivity index (χ3n) is 6.71. The Morgan fingerprint density at radius 2 is 1.91 bits per heavy atom. The van der Waals surface area contributed by atoms with Gasteiger partial charge in [-0.25, -0.2) is 13.8 Å². The number of benzene rings is 1. The van der Waals surface area contributed by atoms with Crippen molar-refractivity contribution < 1.29 is 23.5 Å². The van der Waals surface area contributed by atoms with Gasteiger partial charge in [-0.05, 0) is 56.4 Å². The molecule has 1 N–H and O–H groups in total. The predicted molar refractivity (Wildman–Crippen MR) is 125 cm³/mol. The normalized spacial score (nSPS) is 14.0. The largest absolute Gasteiger partial charge is 0.481 e. The zero-order valence-electron chi connectivity index (χ0n) is 19.4. The molecular weight excluding hydrogens is 440 g/mol. The number of carboxylic acid groups (broad SMARTS) is 1. The summed E-state index contributed by atoms with van der Waals surface area (Å²) in [6.45, 7) is 4.87. The van der Waals surface area contributed by atoms with Crippen molar-refractivity contribution in [3.05, 3.63) is 65.0 Å². The standard InChI is InChI=1S/C26H29F2N3O3/c1-26(2,25(33)34)12-3-6-22(32)30-14-11-19-20-5-4-13-29-24(20)31(21(19)16-30)15-17-7-9-18(10-8-17)23(27)28/h4-5,7-10,13,23H,3,6,11-12,14-16H2,1-2H3,(H,33,34). The number of hydrogen-bond acceptors (Lipinski definition) is 3. The SMILES string of the molecule is CC(C)(CCCC(=O)N1CCc2c(n(Cc3ccc(C(F)F)cc3)c3ncccc23)C1)C(=O)O. The number of fused-ring (bicyclic) bond motifs is 3. The summed E-state index contributed by atoms with van der Waals surface area (Å²) in [5.74, 6) is -0.848. The third-order valence-corrected chi connectivity index (χ3v) is 6.71. The van der Waals surface area contributed by atoms with Crippen LogP contribution in [0, 0.1) is 5.41 Å². The summed E-state index contributed by atoms with van der Waals surface area (Å²) in [5, 5.41) is 10.3. The number of carbonyl (C=O) groups is 2. The van der Waals surface area contributed by atoms with Crippen LogP contribution >= 0.6 is 0 Å². The van der Waals surface area contributed by atoms with Crippen LogP contribution in [0.1, 0.15) is 61.9 Å². The average Bonchev–Trinajstić information content (AvgIpc) is 3.12. The lowest BCUT2D eigenvalue weighted by Crippen LogP contribution is -2.36. The summed E-state index contributed by atoms with van der Waals surface area (Å²) in [6, 6.07) is 10.2. The monoisotopic (exact) mass is 469 g/mol. The number of halogens is 2. The summed E-state index contributed by atoms with van der Waals surface area (Å²) in [5.41, 5.74) is 3.02. The van der Waals surface area contributed by atoms with Crippen LogP contribution in [0.2, 0.25) is 0 Å². The fraction of sp³-hybridized carbons (Fsp3) is 0.423. The maximum atomic E-state index is 12.9. The molecule has 0 saturated carbocycles. The number of pyridine rings is 1. The highest BCUT2D eigenvalue weighted by molar-refractivity contribution is 5.84. The number of alkyl halides is 2. The van der Waals surface area contributed by atoms with Gasteiger partial charge in [-0.2, -0.15) is 0 Å². The van der Waals surface area contributed by atoms with Crippen molar-refractivity contribution in [2.45, 2.75) is 59.0 Å². The van der Waals surface area contributed by atoms with Crippen LogP contribution in [-0.2, 0) is 29.1 Å². The van der Waals surface area contributed by atoms with Crippen LogP contribution in [0.15, 0.2) is 42.6 Å². The Balaban J connectivity index is 1.54. The van der Waals surface area contributed by atoms with Crippen LogP contribution in [0.4, 0.5) is 8.78 Å². The molecule has 0 radical (unpaired) electrons. The fourth-order valence-corrected chi connectivity index (χ4v) is 4.54.